The molecule has 1 amide bonds. The minimum atomic E-state index is -0.452. The predicted octanol–water partition coefficient (Wildman–Crippen LogP) is 5.22. The van der Waals surface area contributed by atoms with Crippen molar-refractivity contribution in [2.75, 3.05) is 13.1 Å². The molecule has 0 N–H and O–H groups in total. The lowest BCUT2D eigenvalue weighted by molar-refractivity contribution is -0.130. The first-order chi connectivity index (χ1) is 15.2. The first-order valence-corrected chi connectivity index (χ1v) is 10.8. The van der Waals surface area contributed by atoms with Crippen LogP contribution >= 0.6 is 0 Å². The van der Waals surface area contributed by atoms with Gasteiger partial charge in [-0.2, -0.15) is 0 Å². The zero-order chi connectivity index (χ0) is 23.3. The number of carbonyl (C=O) groups is 3. The summed E-state index contributed by atoms with van der Waals surface area (Å²) in [6.07, 6.45) is 2.23. The van der Waals surface area contributed by atoms with Crippen molar-refractivity contribution >= 4 is 17.7 Å². The molecule has 0 bridgehead atoms. The topological polar surface area (TPSA) is 63.7 Å². The fourth-order valence-corrected chi connectivity index (χ4v) is 3.70. The number of hydrogen-bond acceptors (Lipinski definition) is 4. The normalized spacial score (nSPS) is 15.3. The van der Waals surface area contributed by atoms with Gasteiger partial charge < -0.3 is 9.64 Å². The number of allylic oxidation sites excluding steroid dienone is 1. The van der Waals surface area contributed by atoms with Crippen molar-refractivity contribution in [1.29, 1.82) is 0 Å². The van der Waals surface area contributed by atoms with Gasteiger partial charge in [-0.1, -0.05) is 37.4 Å². The Balaban J connectivity index is 1.58. The van der Waals surface area contributed by atoms with Crippen LogP contribution in [-0.4, -0.2) is 35.6 Å². The van der Waals surface area contributed by atoms with Crippen molar-refractivity contribution < 1.29 is 19.1 Å². The lowest BCUT2D eigenvalue weighted by atomic mass is 9.99. The van der Waals surface area contributed by atoms with Crippen LogP contribution in [0, 0.1) is 5.92 Å². The van der Waals surface area contributed by atoms with Crippen LogP contribution < -0.4 is 4.74 Å². The molecule has 32 heavy (non-hydrogen) atoms. The largest absolute Gasteiger partial charge is 0.423 e. The number of carbonyl (C=O) groups excluding carboxylic acids is 3. The molecule has 1 atom stereocenters. The van der Waals surface area contributed by atoms with Crippen LogP contribution in [0.25, 0.3) is 11.1 Å². The third-order valence-electron chi connectivity index (χ3n) is 5.71. The SMILES string of the molecule is C=C(C)C(=O)CCC1CCN(C(=O)c2ccc(-c3ccc(OC(=O)C(=C)C)cc3)cc2)C1. The van der Waals surface area contributed by atoms with E-state index in [0.29, 0.717) is 41.3 Å². The Labute approximate surface area is 189 Å². The van der Waals surface area contributed by atoms with Crippen molar-refractivity contribution in [3.8, 4) is 16.9 Å². The molecule has 1 aliphatic rings. The molecule has 1 saturated heterocycles. The molecule has 166 valence electrons. The van der Waals surface area contributed by atoms with Crippen LogP contribution in [0.4, 0.5) is 0 Å². The van der Waals surface area contributed by atoms with Gasteiger partial charge in [-0.15, -0.1) is 0 Å². The second kappa shape index (κ2) is 10.2. The quantitative estimate of drug-likeness (QED) is 0.326. The monoisotopic (exact) mass is 431 g/mol. The number of ketones is 1. The van der Waals surface area contributed by atoms with Gasteiger partial charge in [-0.05, 0) is 73.6 Å². The minimum Gasteiger partial charge on any atom is -0.423 e. The average Bonchev–Trinajstić information content (AvgIpc) is 3.26. The molecule has 1 aliphatic heterocycles. The molecule has 1 unspecified atom stereocenters. The first kappa shape index (κ1) is 23.2. The molecule has 3 rings (SSSR count). The molecular formula is C27H29NO4. The third kappa shape index (κ3) is 5.82. The molecule has 0 aliphatic carbocycles. The van der Waals surface area contributed by atoms with Gasteiger partial charge in [0.25, 0.3) is 5.91 Å². The van der Waals surface area contributed by atoms with E-state index in [0.717, 1.165) is 30.5 Å². The van der Waals surface area contributed by atoms with E-state index >= 15 is 0 Å². The summed E-state index contributed by atoms with van der Waals surface area (Å²) in [7, 11) is 0. The van der Waals surface area contributed by atoms with E-state index in [4.69, 9.17) is 4.74 Å². The number of rotatable bonds is 8. The van der Waals surface area contributed by atoms with Gasteiger partial charge in [0.05, 0.1) is 0 Å². The zero-order valence-electron chi connectivity index (χ0n) is 18.7. The van der Waals surface area contributed by atoms with Crippen LogP contribution in [0.5, 0.6) is 5.75 Å². The molecule has 2 aromatic rings. The van der Waals surface area contributed by atoms with E-state index in [-0.39, 0.29) is 11.7 Å². The fraction of sp³-hybridized carbons (Fsp3) is 0.296. The number of hydrogen-bond donors (Lipinski definition) is 0. The molecule has 0 spiro atoms. The highest BCUT2D eigenvalue weighted by atomic mass is 16.5. The number of nitrogens with zero attached hydrogens (tertiary/aromatic N) is 1. The van der Waals surface area contributed by atoms with E-state index in [1.165, 1.54) is 0 Å². The maximum Gasteiger partial charge on any atom is 0.338 e. The van der Waals surface area contributed by atoms with Crippen molar-refractivity contribution in [2.45, 2.75) is 33.1 Å². The van der Waals surface area contributed by atoms with Crippen molar-refractivity contribution in [3.05, 3.63) is 78.4 Å². The van der Waals surface area contributed by atoms with E-state index < -0.39 is 5.97 Å². The van der Waals surface area contributed by atoms with E-state index in [1.54, 1.807) is 26.0 Å². The van der Waals surface area contributed by atoms with Gasteiger partial charge >= 0.3 is 5.97 Å². The summed E-state index contributed by atoms with van der Waals surface area (Å²) in [5.41, 5.74) is 3.52. The van der Waals surface area contributed by atoms with Gasteiger partial charge in [0.2, 0.25) is 0 Å². The Morgan fingerprint density at radius 1 is 0.938 bits per heavy atom. The maximum atomic E-state index is 12.9. The average molecular weight is 432 g/mol. The summed E-state index contributed by atoms with van der Waals surface area (Å²) >= 11 is 0. The minimum absolute atomic E-state index is 0.0207. The number of ether oxygens (including phenoxy) is 1. The molecule has 2 aromatic carbocycles. The Morgan fingerprint density at radius 2 is 1.53 bits per heavy atom. The van der Waals surface area contributed by atoms with Crippen molar-refractivity contribution in [3.63, 3.8) is 0 Å². The smallest absolute Gasteiger partial charge is 0.338 e. The van der Waals surface area contributed by atoms with Gasteiger partial charge in [-0.3, -0.25) is 9.59 Å². The van der Waals surface area contributed by atoms with Gasteiger partial charge in [-0.25, -0.2) is 4.79 Å². The highest BCUT2D eigenvalue weighted by Crippen LogP contribution is 2.26. The van der Waals surface area contributed by atoms with E-state index in [1.807, 2.05) is 41.3 Å². The third-order valence-corrected chi connectivity index (χ3v) is 5.71. The lowest BCUT2D eigenvalue weighted by Crippen LogP contribution is -2.28. The Hall–Kier alpha value is -3.47. The summed E-state index contributed by atoms with van der Waals surface area (Å²) in [6.45, 7) is 12.0. The summed E-state index contributed by atoms with van der Waals surface area (Å²) in [5, 5.41) is 0. The maximum absolute atomic E-state index is 12.9. The van der Waals surface area contributed by atoms with Gasteiger partial charge in [0, 0.05) is 30.6 Å². The molecule has 0 aromatic heterocycles. The molecule has 1 fully saturated rings. The molecule has 0 radical (unpaired) electrons. The van der Waals surface area contributed by atoms with Gasteiger partial charge in [0.1, 0.15) is 5.75 Å². The number of benzene rings is 2. The number of likely N-dealkylation sites (tertiary alicyclic amines) is 1. The Bertz CT molecular complexity index is 1030. The number of Topliss-reactive ketones (excluding diaryl/α,β-unsaturated/α-hetero) is 1. The van der Waals surface area contributed by atoms with Crippen LogP contribution in [-0.2, 0) is 9.59 Å². The highest BCUT2D eigenvalue weighted by molar-refractivity contribution is 5.95. The lowest BCUT2D eigenvalue weighted by Gasteiger charge is -2.17. The molecular weight excluding hydrogens is 402 g/mol. The van der Waals surface area contributed by atoms with Crippen LogP contribution in [0.3, 0.4) is 0 Å². The summed E-state index contributed by atoms with van der Waals surface area (Å²) in [6, 6.07) is 14.7. The molecule has 5 nitrogen and oxygen atoms in total. The van der Waals surface area contributed by atoms with Crippen LogP contribution in [0.2, 0.25) is 0 Å². The fourth-order valence-electron chi connectivity index (χ4n) is 3.70. The second-order valence-electron chi connectivity index (χ2n) is 8.42. The Kier molecular flexibility index (Phi) is 7.41. The van der Waals surface area contributed by atoms with Crippen LogP contribution in [0.15, 0.2) is 72.8 Å². The predicted molar refractivity (Wildman–Crippen MR) is 125 cm³/mol. The summed E-state index contributed by atoms with van der Waals surface area (Å²) in [5.74, 6) is 0.494. The number of amides is 1. The van der Waals surface area contributed by atoms with E-state index in [9.17, 15) is 14.4 Å². The van der Waals surface area contributed by atoms with Crippen molar-refractivity contribution in [2.24, 2.45) is 5.92 Å². The summed E-state index contributed by atoms with van der Waals surface area (Å²) < 4.78 is 5.21. The van der Waals surface area contributed by atoms with Crippen LogP contribution in [0.1, 0.15) is 43.5 Å². The second-order valence-corrected chi connectivity index (χ2v) is 8.42. The van der Waals surface area contributed by atoms with Crippen molar-refractivity contribution in [1.82, 2.24) is 4.90 Å². The molecule has 1 heterocycles. The zero-order valence-corrected chi connectivity index (χ0v) is 18.7. The first-order valence-electron chi connectivity index (χ1n) is 10.8. The highest BCUT2D eigenvalue weighted by Gasteiger charge is 2.27. The van der Waals surface area contributed by atoms with Gasteiger partial charge in [0.15, 0.2) is 5.78 Å². The Morgan fingerprint density at radius 3 is 2.09 bits per heavy atom. The summed E-state index contributed by atoms with van der Waals surface area (Å²) in [4.78, 5) is 38.1. The molecule has 0 saturated carbocycles. The van der Waals surface area contributed by atoms with E-state index in [2.05, 4.69) is 13.2 Å². The number of esters is 1. The molecule has 5 heteroatoms. The standard InChI is InChI=1S/C27H29NO4/c1-18(2)25(29)14-5-20-15-16-28(17-20)26(30)23-8-6-21(7-9-23)22-10-12-24(13-11-22)32-27(31)19(3)4/h6-13,20H,1,3,5,14-17H2,2,4H3.